The van der Waals surface area contributed by atoms with Crippen LogP contribution in [0.5, 0.6) is 11.5 Å². The average Bonchev–Trinajstić information content (AvgIpc) is 3.54. The lowest BCUT2D eigenvalue weighted by Crippen LogP contribution is -2.28. The first-order valence-electron chi connectivity index (χ1n) is 15.4. The standard InChI is InChI=1S/C38H39N3O6/c1-24(2)29-20-30(32(46-23-26-14-10-7-11-15-26)21-31(29)45-22-25-12-8-6-9-13-25)36-33(34(40-47-36)37(43)39-3)27-16-18-28(19-17-27)35(42)38(44)41(4)5/h6-21,24,35,42H,22-23H2,1-5H3,(H,39,43). The van der Waals surface area contributed by atoms with E-state index in [0.717, 1.165) is 16.7 Å². The number of aromatic nitrogens is 1. The second-order valence-electron chi connectivity index (χ2n) is 11.7. The van der Waals surface area contributed by atoms with Crippen molar-refractivity contribution in [3.8, 4) is 33.9 Å². The molecule has 1 atom stereocenters. The molecule has 0 spiro atoms. The molecule has 0 saturated carbocycles. The van der Waals surface area contributed by atoms with Gasteiger partial charge in [0.1, 0.15) is 24.7 Å². The molecule has 0 aliphatic rings. The second-order valence-corrected chi connectivity index (χ2v) is 11.7. The van der Waals surface area contributed by atoms with Crippen molar-refractivity contribution in [3.05, 3.63) is 125 Å². The van der Waals surface area contributed by atoms with Crippen molar-refractivity contribution in [1.82, 2.24) is 15.4 Å². The van der Waals surface area contributed by atoms with Gasteiger partial charge in [0.2, 0.25) is 0 Å². The summed E-state index contributed by atoms with van der Waals surface area (Å²) < 4.78 is 18.8. The maximum absolute atomic E-state index is 13.1. The Bertz CT molecular complexity index is 1820. The predicted octanol–water partition coefficient (Wildman–Crippen LogP) is 6.77. The number of aliphatic hydroxyl groups excluding tert-OH is 1. The number of nitrogens with one attached hydrogen (secondary N) is 1. The first-order valence-corrected chi connectivity index (χ1v) is 15.4. The van der Waals surface area contributed by atoms with Gasteiger partial charge in [0.15, 0.2) is 17.6 Å². The van der Waals surface area contributed by atoms with E-state index in [4.69, 9.17) is 14.0 Å². The summed E-state index contributed by atoms with van der Waals surface area (Å²) in [5.74, 6) is 0.701. The summed E-state index contributed by atoms with van der Waals surface area (Å²) >= 11 is 0. The molecule has 0 aliphatic heterocycles. The highest BCUT2D eigenvalue weighted by Crippen LogP contribution is 2.44. The van der Waals surface area contributed by atoms with Crippen LogP contribution in [0, 0.1) is 0 Å². The number of amides is 2. The minimum Gasteiger partial charge on any atom is -0.488 e. The molecule has 4 aromatic carbocycles. The molecule has 1 aromatic heterocycles. The summed E-state index contributed by atoms with van der Waals surface area (Å²) in [7, 11) is 4.69. The fraction of sp³-hybridized carbons (Fsp3) is 0.237. The van der Waals surface area contributed by atoms with E-state index in [-0.39, 0.29) is 18.2 Å². The molecule has 0 fully saturated rings. The van der Waals surface area contributed by atoms with Crippen LogP contribution >= 0.6 is 0 Å². The minimum absolute atomic E-state index is 0.0717. The number of carbonyl (C=O) groups excluding carboxylic acids is 2. The van der Waals surface area contributed by atoms with Crippen molar-refractivity contribution < 1.29 is 28.7 Å². The molecule has 0 aliphatic carbocycles. The van der Waals surface area contributed by atoms with Gasteiger partial charge in [0.05, 0.1) is 11.1 Å². The summed E-state index contributed by atoms with van der Waals surface area (Å²) in [6, 6.07) is 30.4. The van der Waals surface area contributed by atoms with Gasteiger partial charge in [-0.2, -0.15) is 0 Å². The highest BCUT2D eigenvalue weighted by Gasteiger charge is 2.28. The van der Waals surface area contributed by atoms with Gasteiger partial charge in [-0.05, 0) is 39.8 Å². The molecular formula is C38H39N3O6. The highest BCUT2D eigenvalue weighted by molar-refractivity contribution is 6.02. The zero-order valence-corrected chi connectivity index (χ0v) is 27.2. The Kier molecular flexibility index (Phi) is 10.4. The summed E-state index contributed by atoms with van der Waals surface area (Å²) in [6.45, 7) is 4.82. The van der Waals surface area contributed by atoms with E-state index >= 15 is 0 Å². The average molecular weight is 634 g/mol. The van der Waals surface area contributed by atoms with Gasteiger partial charge in [0, 0.05) is 27.2 Å². The maximum Gasteiger partial charge on any atom is 0.273 e. The Morgan fingerprint density at radius 1 is 0.851 bits per heavy atom. The van der Waals surface area contributed by atoms with Gasteiger partial charge in [-0.15, -0.1) is 0 Å². The lowest BCUT2D eigenvalue weighted by Gasteiger charge is -2.19. The van der Waals surface area contributed by atoms with Crippen LogP contribution in [0.25, 0.3) is 22.5 Å². The predicted molar refractivity (Wildman–Crippen MR) is 180 cm³/mol. The quantitative estimate of drug-likeness (QED) is 0.156. The molecule has 5 aromatic rings. The van der Waals surface area contributed by atoms with Crippen LogP contribution < -0.4 is 14.8 Å². The summed E-state index contributed by atoms with van der Waals surface area (Å²) in [4.78, 5) is 26.8. The fourth-order valence-corrected chi connectivity index (χ4v) is 5.16. The van der Waals surface area contributed by atoms with Crippen LogP contribution in [0.2, 0.25) is 0 Å². The largest absolute Gasteiger partial charge is 0.488 e. The Balaban J connectivity index is 1.63. The SMILES string of the molecule is CNC(=O)c1noc(-c2cc(C(C)C)c(OCc3ccccc3)cc2OCc2ccccc2)c1-c1ccc(C(O)C(=O)N(C)C)cc1. The van der Waals surface area contributed by atoms with Crippen LogP contribution in [-0.4, -0.2) is 48.1 Å². The Hall–Kier alpha value is -5.41. The molecule has 0 saturated heterocycles. The summed E-state index contributed by atoms with van der Waals surface area (Å²) in [6.07, 6.45) is -1.32. The van der Waals surface area contributed by atoms with Crippen molar-refractivity contribution >= 4 is 11.8 Å². The zero-order chi connectivity index (χ0) is 33.5. The first-order chi connectivity index (χ1) is 22.7. The fourth-order valence-electron chi connectivity index (χ4n) is 5.16. The van der Waals surface area contributed by atoms with Crippen LogP contribution in [-0.2, 0) is 18.0 Å². The molecule has 5 rings (SSSR count). The molecule has 2 amide bonds. The number of likely N-dealkylation sites (N-methyl/N-ethyl adjacent to an activating group) is 1. The van der Waals surface area contributed by atoms with E-state index in [0.29, 0.717) is 46.1 Å². The zero-order valence-electron chi connectivity index (χ0n) is 27.2. The van der Waals surface area contributed by atoms with Gasteiger partial charge in [0.25, 0.3) is 11.8 Å². The van der Waals surface area contributed by atoms with Crippen LogP contribution in [0.3, 0.4) is 0 Å². The van der Waals surface area contributed by atoms with Gasteiger partial charge in [-0.1, -0.05) is 104 Å². The molecule has 1 heterocycles. The number of hydrogen-bond acceptors (Lipinski definition) is 7. The highest BCUT2D eigenvalue weighted by atomic mass is 16.5. The van der Waals surface area contributed by atoms with Crippen LogP contribution in [0.15, 0.2) is 102 Å². The smallest absolute Gasteiger partial charge is 0.273 e. The number of ether oxygens (including phenoxy) is 2. The van der Waals surface area contributed by atoms with E-state index in [2.05, 4.69) is 24.3 Å². The number of carbonyl (C=O) groups is 2. The molecule has 0 radical (unpaired) electrons. The number of nitrogens with zero attached hydrogens (tertiary/aromatic N) is 2. The normalized spacial score (nSPS) is 11.6. The molecule has 9 heteroatoms. The summed E-state index contributed by atoms with van der Waals surface area (Å²) in [5, 5.41) is 17.4. The Morgan fingerprint density at radius 3 is 1.96 bits per heavy atom. The minimum atomic E-state index is -1.32. The number of rotatable bonds is 12. The van der Waals surface area contributed by atoms with Gasteiger partial charge < -0.3 is 29.3 Å². The Morgan fingerprint density at radius 2 is 1.43 bits per heavy atom. The van der Waals surface area contributed by atoms with E-state index in [9.17, 15) is 14.7 Å². The molecule has 9 nitrogen and oxygen atoms in total. The third kappa shape index (κ3) is 7.53. The second kappa shape index (κ2) is 14.8. The van der Waals surface area contributed by atoms with Gasteiger partial charge >= 0.3 is 0 Å². The number of hydrogen-bond donors (Lipinski definition) is 2. The number of aliphatic hydroxyl groups is 1. The molecule has 1 unspecified atom stereocenters. The van der Waals surface area contributed by atoms with E-state index in [1.807, 2.05) is 72.8 Å². The van der Waals surface area contributed by atoms with E-state index in [1.54, 1.807) is 38.4 Å². The first kappa shape index (κ1) is 33.0. The van der Waals surface area contributed by atoms with Gasteiger partial charge in [-0.3, -0.25) is 9.59 Å². The third-order valence-electron chi connectivity index (χ3n) is 7.78. The van der Waals surface area contributed by atoms with Crippen molar-refractivity contribution in [1.29, 1.82) is 0 Å². The molecule has 2 N–H and O–H groups in total. The van der Waals surface area contributed by atoms with Crippen molar-refractivity contribution in [2.45, 2.75) is 39.1 Å². The Labute approximate surface area is 274 Å². The third-order valence-corrected chi connectivity index (χ3v) is 7.78. The van der Waals surface area contributed by atoms with Crippen molar-refractivity contribution in [2.75, 3.05) is 21.1 Å². The topological polar surface area (TPSA) is 114 Å². The molecule has 242 valence electrons. The maximum atomic E-state index is 13.1. The van der Waals surface area contributed by atoms with Crippen molar-refractivity contribution in [3.63, 3.8) is 0 Å². The van der Waals surface area contributed by atoms with Crippen molar-refractivity contribution in [2.24, 2.45) is 0 Å². The monoisotopic (exact) mass is 633 g/mol. The van der Waals surface area contributed by atoms with Crippen LogP contribution in [0.4, 0.5) is 0 Å². The lowest BCUT2D eigenvalue weighted by molar-refractivity contribution is -0.137. The molecular weight excluding hydrogens is 594 g/mol. The molecule has 47 heavy (non-hydrogen) atoms. The van der Waals surface area contributed by atoms with E-state index in [1.165, 1.54) is 11.9 Å². The van der Waals surface area contributed by atoms with E-state index < -0.39 is 17.9 Å². The lowest BCUT2D eigenvalue weighted by atomic mass is 9.93. The molecule has 0 bridgehead atoms. The van der Waals surface area contributed by atoms with Crippen LogP contribution in [0.1, 0.15) is 58.6 Å². The van der Waals surface area contributed by atoms with Gasteiger partial charge in [-0.25, -0.2) is 0 Å². The summed E-state index contributed by atoms with van der Waals surface area (Å²) in [5.41, 5.74) is 5.09. The number of benzene rings is 4.